The smallest absolute Gasteiger partial charge is 0.268 e. The van der Waals surface area contributed by atoms with Crippen LogP contribution in [-0.4, -0.2) is 30.0 Å². The Hall–Kier alpha value is -1.21. The maximum atomic E-state index is 11.3. The minimum Gasteiger partial charge on any atom is -0.316 e. The van der Waals surface area contributed by atoms with E-state index < -0.39 is 0 Å². The standard InChI is InChI=1S/C21H24BrN3OS/c22-18-5-3-4-15(11-18)10-16-12-23-13-17(16)14-25(19-8-9-19)27-21-7-2-1-6-20(21)24-26/h1-7,11,16-17,19,23H,8-10,12-14H2/p+1/t16-,17+/m1/s1. The van der Waals surface area contributed by atoms with Gasteiger partial charge in [-0.15, -0.1) is 0 Å². The van der Waals surface area contributed by atoms with Crippen molar-refractivity contribution in [2.75, 3.05) is 19.6 Å². The summed E-state index contributed by atoms with van der Waals surface area (Å²) in [5.74, 6) is 1.28. The van der Waals surface area contributed by atoms with E-state index >= 15 is 0 Å². The molecule has 6 heteroatoms. The first-order valence-electron chi connectivity index (χ1n) is 9.60. The van der Waals surface area contributed by atoms with Crippen molar-refractivity contribution < 1.29 is 5.18 Å². The largest absolute Gasteiger partial charge is 0.316 e. The molecule has 1 aliphatic heterocycles. The quantitative estimate of drug-likeness (QED) is 0.609. The minimum absolute atomic E-state index is 0.629. The first-order valence-corrected chi connectivity index (χ1v) is 11.2. The van der Waals surface area contributed by atoms with Gasteiger partial charge in [0.25, 0.3) is 5.69 Å². The van der Waals surface area contributed by atoms with Crippen molar-refractivity contribution in [3.05, 3.63) is 63.5 Å². The summed E-state index contributed by atoms with van der Waals surface area (Å²) in [5.41, 5.74) is 2.07. The summed E-state index contributed by atoms with van der Waals surface area (Å²) >= 11 is 5.33. The molecule has 2 aliphatic rings. The van der Waals surface area contributed by atoms with Crippen molar-refractivity contribution in [3.63, 3.8) is 0 Å². The van der Waals surface area contributed by atoms with Crippen LogP contribution in [0.15, 0.2) is 57.9 Å². The highest BCUT2D eigenvalue weighted by molar-refractivity contribution is 9.10. The molecule has 0 bridgehead atoms. The molecule has 1 saturated carbocycles. The van der Waals surface area contributed by atoms with E-state index in [0.717, 1.165) is 35.4 Å². The highest BCUT2D eigenvalue weighted by atomic mass is 79.9. The third-order valence-electron chi connectivity index (χ3n) is 5.45. The van der Waals surface area contributed by atoms with Crippen LogP contribution in [-0.2, 0) is 6.42 Å². The summed E-state index contributed by atoms with van der Waals surface area (Å²) in [5, 5.41) is 5.68. The third-order valence-corrected chi connectivity index (χ3v) is 7.18. The zero-order valence-electron chi connectivity index (χ0n) is 15.2. The highest BCUT2D eigenvalue weighted by Crippen LogP contribution is 2.39. The molecule has 4 rings (SSSR count). The number of nitrogens with zero attached hydrogens (tertiary/aromatic N) is 1. The zero-order chi connectivity index (χ0) is 18.6. The Morgan fingerprint density at radius 3 is 2.70 bits per heavy atom. The molecule has 1 heterocycles. The lowest BCUT2D eigenvalue weighted by Gasteiger charge is -2.27. The second-order valence-corrected chi connectivity index (χ2v) is 9.54. The Balaban J connectivity index is 1.44. The van der Waals surface area contributed by atoms with Gasteiger partial charge in [-0.3, -0.25) is 0 Å². The SMILES string of the molecule is O=[NH+]c1ccccc1SN(C[C@@H]1CNC[C@H]1Cc1cccc(Br)c1)C1CC1. The Bertz CT molecular complexity index is 799. The van der Waals surface area contributed by atoms with E-state index in [4.69, 9.17) is 0 Å². The van der Waals surface area contributed by atoms with Gasteiger partial charge in [0.2, 0.25) is 0 Å². The lowest BCUT2D eigenvalue weighted by molar-refractivity contribution is -0.382. The molecule has 0 radical (unpaired) electrons. The fourth-order valence-corrected chi connectivity index (χ4v) is 5.49. The molecule has 142 valence electrons. The van der Waals surface area contributed by atoms with Crippen LogP contribution in [0.1, 0.15) is 18.4 Å². The number of halogens is 1. The van der Waals surface area contributed by atoms with Crippen LogP contribution in [0.2, 0.25) is 0 Å². The second-order valence-electron chi connectivity index (χ2n) is 7.53. The van der Waals surface area contributed by atoms with Gasteiger partial charge in [0.1, 0.15) is 0 Å². The molecule has 2 aromatic carbocycles. The molecule has 2 atom stereocenters. The molecule has 0 aromatic heterocycles. The van der Waals surface area contributed by atoms with E-state index in [2.05, 4.69) is 55.0 Å². The summed E-state index contributed by atoms with van der Waals surface area (Å²) < 4.78 is 3.67. The lowest BCUT2D eigenvalue weighted by atomic mass is 9.89. The summed E-state index contributed by atoms with van der Waals surface area (Å²) in [6.07, 6.45) is 3.63. The fraction of sp³-hybridized carbons (Fsp3) is 0.429. The Labute approximate surface area is 173 Å². The van der Waals surface area contributed by atoms with Gasteiger partial charge >= 0.3 is 0 Å². The maximum Gasteiger partial charge on any atom is 0.268 e. The molecule has 1 aliphatic carbocycles. The monoisotopic (exact) mass is 446 g/mol. The van der Waals surface area contributed by atoms with Gasteiger partial charge in [-0.25, -0.2) is 4.31 Å². The average molecular weight is 447 g/mol. The van der Waals surface area contributed by atoms with Crippen molar-refractivity contribution in [1.82, 2.24) is 9.62 Å². The molecule has 2 aromatic rings. The van der Waals surface area contributed by atoms with Crippen LogP contribution in [0.4, 0.5) is 5.69 Å². The van der Waals surface area contributed by atoms with Crippen LogP contribution in [0.3, 0.4) is 0 Å². The average Bonchev–Trinajstić information content (AvgIpc) is 3.44. The molecule has 1 saturated heterocycles. The first-order chi connectivity index (χ1) is 13.2. The fourth-order valence-electron chi connectivity index (χ4n) is 3.82. The first kappa shape index (κ1) is 19.1. The summed E-state index contributed by atoms with van der Waals surface area (Å²) in [4.78, 5) is 12.3. The van der Waals surface area contributed by atoms with Gasteiger partial charge in [-0.05, 0) is 79.9 Å². The van der Waals surface area contributed by atoms with Crippen LogP contribution >= 0.6 is 27.9 Å². The van der Waals surface area contributed by atoms with Crippen molar-refractivity contribution in [2.45, 2.75) is 30.2 Å². The van der Waals surface area contributed by atoms with Gasteiger partial charge in [0.15, 0.2) is 0 Å². The van der Waals surface area contributed by atoms with Crippen LogP contribution in [0, 0.1) is 16.7 Å². The minimum atomic E-state index is 0.629. The molecular weight excluding hydrogens is 422 g/mol. The molecule has 27 heavy (non-hydrogen) atoms. The van der Waals surface area contributed by atoms with Crippen molar-refractivity contribution in [1.29, 1.82) is 0 Å². The molecule has 4 nitrogen and oxygen atoms in total. The van der Waals surface area contributed by atoms with Gasteiger partial charge in [0, 0.05) is 33.2 Å². The molecule has 0 unspecified atom stereocenters. The number of nitroso groups, excluding NO2 is 1. The van der Waals surface area contributed by atoms with E-state index in [-0.39, 0.29) is 0 Å². The Morgan fingerprint density at radius 2 is 1.93 bits per heavy atom. The normalized spacial score (nSPS) is 22.3. The van der Waals surface area contributed by atoms with E-state index in [1.165, 1.54) is 18.4 Å². The van der Waals surface area contributed by atoms with E-state index in [9.17, 15) is 4.91 Å². The summed E-state index contributed by atoms with van der Waals surface area (Å²) in [6.45, 7) is 3.22. The van der Waals surface area contributed by atoms with E-state index in [0.29, 0.717) is 23.6 Å². The predicted molar refractivity (Wildman–Crippen MR) is 114 cm³/mol. The lowest BCUT2D eigenvalue weighted by Crippen LogP contribution is -2.56. The topological polar surface area (TPSA) is 46.3 Å². The summed E-state index contributed by atoms with van der Waals surface area (Å²) in [7, 11) is 0. The summed E-state index contributed by atoms with van der Waals surface area (Å²) in [6, 6.07) is 17.1. The number of rotatable bonds is 8. The Morgan fingerprint density at radius 1 is 1.11 bits per heavy atom. The number of para-hydroxylation sites is 1. The predicted octanol–water partition coefficient (Wildman–Crippen LogP) is 3.48. The van der Waals surface area contributed by atoms with Crippen LogP contribution in [0.5, 0.6) is 0 Å². The third kappa shape index (κ3) is 4.99. The van der Waals surface area contributed by atoms with E-state index in [1.54, 1.807) is 11.9 Å². The molecule has 0 spiro atoms. The number of hydrogen-bond donors (Lipinski definition) is 2. The van der Waals surface area contributed by atoms with Crippen molar-refractivity contribution in [3.8, 4) is 0 Å². The number of hydrogen-bond acceptors (Lipinski definition) is 4. The number of nitrogens with one attached hydrogen (secondary N) is 2. The van der Waals surface area contributed by atoms with Gasteiger partial charge in [0.05, 0.1) is 4.90 Å². The zero-order valence-corrected chi connectivity index (χ0v) is 17.6. The van der Waals surface area contributed by atoms with Crippen molar-refractivity contribution >= 4 is 33.6 Å². The number of benzene rings is 2. The van der Waals surface area contributed by atoms with Gasteiger partial charge < -0.3 is 5.32 Å². The molecule has 2 N–H and O–H groups in total. The van der Waals surface area contributed by atoms with Gasteiger partial charge in [-0.2, -0.15) is 0 Å². The highest BCUT2D eigenvalue weighted by Gasteiger charge is 2.36. The van der Waals surface area contributed by atoms with Crippen molar-refractivity contribution in [2.24, 2.45) is 11.8 Å². The van der Waals surface area contributed by atoms with Gasteiger partial charge in [-0.1, -0.05) is 40.2 Å². The molecule has 2 fully saturated rings. The Kier molecular flexibility index (Phi) is 6.28. The molecular formula is C21H25BrN3OS+. The maximum absolute atomic E-state index is 11.3. The van der Waals surface area contributed by atoms with Crippen LogP contribution in [0.25, 0.3) is 0 Å². The van der Waals surface area contributed by atoms with E-state index in [1.807, 2.05) is 24.3 Å². The second kappa shape index (κ2) is 8.86. The van der Waals surface area contributed by atoms with Crippen LogP contribution < -0.4 is 10.5 Å². The molecule has 0 amide bonds.